The van der Waals surface area contributed by atoms with E-state index in [2.05, 4.69) is 0 Å². The van der Waals surface area contributed by atoms with Gasteiger partial charge in [0.1, 0.15) is 17.9 Å². The molecule has 68 valence electrons. The summed E-state index contributed by atoms with van der Waals surface area (Å²) in [7, 11) is 0. The van der Waals surface area contributed by atoms with Gasteiger partial charge in [-0.25, -0.2) is 4.39 Å². The molecule has 0 radical (unpaired) electrons. The van der Waals surface area contributed by atoms with Gasteiger partial charge in [-0.3, -0.25) is 4.79 Å². The third-order valence-electron chi connectivity index (χ3n) is 1.52. The number of rotatable bonds is 3. The standard InChI is InChI=1S/C9H7FO3/c10-8-5-6(12)1-2-7(8)9(13)3-4-11/h1-2,4-5,12H,3H2. The zero-order valence-electron chi connectivity index (χ0n) is 6.66. The van der Waals surface area contributed by atoms with Gasteiger partial charge in [0, 0.05) is 6.07 Å². The lowest BCUT2D eigenvalue weighted by Crippen LogP contribution is -2.02. The van der Waals surface area contributed by atoms with Crippen LogP contribution in [0.3, 0.4) is 0 Å². The van der Waals surface area contributed by atoms with Crippen LogP contribution in [0.2, 0.25) is 0 Å². The van der Waals surface area contributed by atoms with Crippen LogP contribution in [0.15, 0.2) is 18.2 Å². The van der Waals surface area contributed by atoms with Crippen LogP contribution in [0.5, 0.6) is 5.75 Å². The first-order valence-electron chi connectivity index (χ1n) is 3.60. The van der Waals surface area contributed by atoms with Crippen molar-refractivity contribution in [2.45, 2.75) is 6.42 Å². The van der Waals surface area contributed by atoms with Crippen molar-refractivity contribution >= 4 is 12.1 Å². The van der Waals surface area contributed by atoms with E-state index in [-0.39, 0.29) is 17.7 Å². The molecule has 0 unspecified atom stereocenters. The van der Waals surface area contributed by atoms with Crippen molar-refractivity contribution in [1.29, 1.82) is 0 Å². The van der Waals surface area contributed by atoms with E-state index in [1.165, 1.54) is 6.07 Å². The highest BCUT2D eigenvalue weighted by molar-refractivity contribution is 6.02. The first-order chi connectivity index (χ1) is 6.15. The maximum atomic E-state index is 12.9. The highest BCUT2D eigenvalue weighted by Gasteiger charge is 2.10. The quantitative estimate of drug-likeness (QED) is 0.435. The minimum Gasteiger partial charge on any atom is -0.508 e. The number of hydrogen-bond donors (Lipinski definition) is 1. The fourth-order valence-corrected chi connectivity index (χ4v) is 0.916. The first-order valence-corrected chi connectivity index (χ1v) is 3.60. The van der Waals surface area contributed by atoms with Gasteiger partial charge >= 0.3 is 0 Å². The van der Waals surface area contributed by atoms with Crippen molar-refractivity contribution in [3.8, 4) is 5.75 Å². The predicted molar refractivity (Wildman–Crippen MR) is 43.1 cm³/mol. The van der Waals surface area contributed by atoms with Crippen molar-refractivity contribution < 1.29 is 19.1 Å². The zero-order valence-corrected chi connectivity index (χ0v) is 6.66. The van der Waals surface area contributed by atoms with Gasteiger partial charge in [0.05, 0.1) is 12.0 Å². The van der Waals surface area contributed by atoms with Crippen LogP contribution in [0.4, 0.5) is 4.39 Å². The summed E-state index contributed by atoms with van der Waals surface area (Å²) in [4.78, 5) is 21.0. The topological polar surface area (TPSA) is 54.4 Å². The lowest BCUT2D eigenvalue weighted by atomic mass is 10.1. The average Bonchev–Trinajstić information content (AvgIpc) is 2.04. The van der Waals surface area contributed by atoms with Crippen LogP contribution < -0.4 is 0 Å². The number of halogens is 1. The summed E-state index contributed by atoms with van der Waals surface area (Å²) in [5.74, 6) is -1.65. The number of carbonyl (C=O) groups excluding carboxylic acids is 2. The molecule has 0 bridgehead atoms. The number of aldehydes is 1. The summed E-state index contributed by atoms with van der Waals surface area (Å²) in [5.41, 5.74) is -0.176. The van der Waals surface area contributed by atoms with E-state index < -0.39 is 11.6 Å². The predicted octanol–water partition coefficient (Wildman–Crippen LogP) is 1.30. The Balaban J connectivity index is 3.01. The Morgan fingerprint density at radius 1 is 1.54 bits per heavy atom. The van der Waals surface area contributed by atoms with Crippen molar-refractivity contribution in [1.82, 2.24) is 0 Å². The summed E-state index contributed by atoms with van der Waals surface area (Å²) >= 11 is 0. The lowest BCUT2D eigenvalue weighted by Gasteiger charge is -1.99. The summed E-state index contributed by atoms with van der Waals surface area (Å²) in [6, 6.07) is 3.18. The van der Waals surface area contributed by atoms with Crippen LogP contribution >= 0.6 is 0 Å². The minimum absolute atomic E-state index is 0.176. The number of hydrogen-bond acceptors (Lipinski definition) is 3. The lowest BCUT2D eigenvalue weighted by molar-refractivity contribution is -0.107. The van der Waals surface area contributed by atoms with Crippen LogP contribution in [-0.4, -0.2) is 17.2 Å². The van der Waals surface area contributed by atoms with E-state index in [4.69, 9.17) is 5.11 Å². The number of Topliss-reactive ketones (excluding diaryl/α,β-unsaturated/α-hetero) is 1. The third-order valence-corrected chi connectivity index (χ3v) is 1.52. The molecule has 0 atom stereocenters. The van der Waals surface area contributed by atoms with E-state index in [1.807, 2.05) is 0 Å². The smallest absolute Gasteiger partial charge is 0.172 e. The Morgan fingerprint density at radius 2 is 2.23 bits per heavy atom. The van der Waals surface area contributed by atoms with Crippen LogP contribution in [0, 0.1) is 5.82 Å². The molecule has 0 aliphatic heterocycles. The second-order valence-electron chi connectivity index (χ2n) is 2.46. The molecule has 0 aliphatic rings. The molecule has 0 saturated heterocycles. The summed E-state index contributed by atoms with van der Waals surface area (Å²) in [5, 5.41) is 8.83. The fourth-order valence-electron chi connectivity index (χ4n) is 0.916. The average molecular weight is 182 g/mol. The summed E-state index contributed by atoms with van der Waals surface area (Å²) < 4.78 is 12.9. The minimum atomic E-state index is -0.813. The van der Waals surface area contributed by atoms with E-state index in [1.54, 1.807) is 0 Å². The van der Waals surface area contributed by atoms with Crippen molar-refractivity contribution in [3.05, 3.63) is 29.6 Å². The van der Waals surface area contributed by atoms with Crippen LogP contribution in [0.25, 0.3) is 0 Å². The van der Waals surface area contributed by atoms with Crippen molar-refractivity contribution in [3.63, 3.8) is 0 Å². The first kappa shape index (κ1) is 9.38. The Kier molecular flexibility index (Phi) is 2.74. The zero-order chi connectivity index (χ0) is 9.84. The maximum absolute atomic E-state index is 12.9. The molecule has 1 aromatic rings. The molecular weight excluding hydrogens is 175 g/mol. The second kappa shape index (κ2) is 3.80. The van der Waals surface area contributed by atoms with E-state index in [0.29, 0.717) is 6.29 Å². The van der Waals surface area contributed by atoms with Gasteiger partial charge in [-0.05, 0) is 12.1 Å². The molecule has 0 aromatic heterocycles. The second-order valence-corrected chi connectivity index (χ2v) is 2.46. The van der Waals surface area contributed by atoms with Crippen LogP contribution in [-0.2, 0) is 4.79 Å². The number of carbonyl (C=O) groups is 2. The Labute approximate surface area is 73.8 Å². The molecule has 1 N–H and O–H groups in total. The molecule has 0 fully saturated rings. The normalized spacial score (nSPS) is 9.62. The highest BCUT2D eigenvalue weighted by atomic mass is 19.1. The number of benzene rings is 1. The number of aromatic hydroxyl groups is 1. The monoisotopic (exact) mass is 182 g/mol. The van der Waals surface area contributed by atoms with Gasteiger partial charge < -0.3 is 9.90 Å². The van der Waals surface area contributed by atoms with Gasteiger partial charge in [-0.1, -0.05) is 0 Å². The molecule has 13 heavy (non-hydrogen) atoms. The number of phenols is 1. The van der Waals surface area contributed by atoms with Gasteiger partial charge in [-0.15, -0.1) is 0 Å². The van der Waals surface area contributed by atoms with Crippen molar-refractivity contribution in [2.24, 2.45) is 0 Å². The molecule has 1 aromatic carbocycles. The van der Waals surface area contributed by atoms with Crippen molar-refractivity contribution in [2.75, 3.05) is 0 Å². The Hall–Kier alpha value is -1.71. The molecule has 1 rings (SSSR count). The molecule has 4 heteroatoms. The highest BCUT2D eigenvalue weighted by Crippen LogP contribution is 2.15. The fraction of sp³-hybridized carbons (Fsp3) is 0.111. The maximum Gasteiger partial charge on any atom is 0.172 e. The number of ketones is 1. The molecular formula is C9H7FO3. The van der Waals surface area contributed by atoms with E-state index in [0.717, 1.165) is 12.1 Å². The Bertz CT molecular complexity index is 347. The van der Waals surface area contributed by atoms with Gasteiger partial charge in [0.25, 0.3) is 0 Å². The molecule has 0 heterocycles. The largest absolute Gasteiger partial charge is 0.508 e. The van der Waals surface area contributed by atoms with E-state index >= 15 is 0 Å². The SMILES string of the molecule is O=CCC(=O)c1ccc(O)cc1F. The summed E-state index contributed by atoms with van der Waals surface area (Å²) in [6.07, 6.45) is 0.0658. The van der Waals surface area contributed by atoms with Gasteiger partial charge in [0.15, 0.2) is 5.78 Å². The summed E-state index contributed by atoms with van der Waals surface area (Å²) in [6.45, 7) is 0. The number of phenolic OH excluding ortho intramolecular Hbond substituents is 1. The van der Waals surface area contributed by atoms with Gasteiger partial charge in [0.2, 0.25) is 0 Å². The molecule has 3 nitrogen and oxygen atoms in total. The molecule has 0 spiro atoms. The van der Waals surface area contributed by atoms with Crippen LogP contribution in [0.1, 0.15) is 16.8 Å². The van der Waals surface area contributed by atoms with Gasteiger partial charge in [-0.2, -0.15) is 0 Å². The Morgan fingerprint density at radius 3 is 2.77 bits per heavy atom. The molecule has 0 aliphatic carbocycles. The molecule has 0 saturated carbocycles. The third kappa shape index (κ3) is 2.11. The molecule has 0 amide bonds. The van der Waals surface area contributed by atoms with E-state index in [9.17, 15) is 14.0 Å².